The van der Waals surface area contributed by atoms with Crippen LogP contribution >= 0.6 is 0 Å². The van der Waals surface area contributed by atoms with E-state index in [0.717, 1.165) is 5.56 Å². The molecule has 132 valence electrons. The maximum Gasteiger partial charge on any atom is 0.271 e. The van der Waals surface area contributed by atoms with Gasteiger partial charge in [0, 0.05) is 30.8 Å². The highest BCUT2D eigenvalue weighted by molar-refractivity contribution is 6.07. The Morgan fingerprint density at radius 3 is 2.85 bits per heavy atom. The maximum atomic E-state index is 13.5. The molecule has 1 N–H and O–H groups in total. The number of rotatable bonds is 2. The van der Waals surface area contributed by atoms with Crippen LogP contribution in [0.3, 0.4) is 0 Å². The summed E-state index contributed by atoms with van der Waals surface area (Å²) in [6.07, 6.45) is 0.548. The Balaban J connectivity index is 1.72. The first-order chi connectivity index (χ1) is 12.4. The van der Waals surface area contributed by atoms with Crippen LogP contribution in [0.25, 0.3) is 0 Å². The summed E-state index contributed by atoms with van der Waals surface area (Å²) in [5, 5.41) is 13.6. The number of non-ortho nitro benzene ring substituents is 1. The SMILES string of the molecule is O=C1C[C@@H](C(=O)N2CCc3ccc([N+](=O)[O-])cc32)c2ccc(F)cc2N1. The number of nitrogens with one attached hydrogen (secondary N) is 1. The lowest BCUT2D eigenvalue weighted by atomic mass is 9.89. The van der Waals surface area contributed by atoms with Crippen molar-refractivity contribution in [3.05, 3.63) is 63.5 Å². The molecule has 0 aliphatic carbocycles. The molecule has 26 heavy (non-hydrogen) atoms. The molecule has 2 aromatic carbocycles. The van der Waals surface area contributed by atoms with E-state index in [1.165, 1.54) is 35.2 Å². The highest BCUT2D eigenvalue weighted by Crippen LogP contribution is 2.38. The molecular formula is C18H14FN3O4. The molecule has 8 heteroatoms. The average Bonchev–Trinajstić information content (AvgIpc) is 3.03. The minimum atomic E-state index is -0.746. The van der Waals surface area contributed by atoms with Gasteiger partial charge in [0.25, 0.3) is 5.69 Å². The van der Waals surface area contributed by atoms with Crippen LogP contribution in [-0.2, 0) is 16.0 Å². The quantitative estimate of drug-likeness (QED) is 0.662. The van der Waals surface area contributed by atoms with Crippen molar-refractivity contribution in [3.63, 3.8) is 0 Å². The summed E-state index contributed by atoms with van der Waals surface area (Å²) in [5.74, 6) is -1.92. The van der Waals surface area contributed by atoms with Gasteiger partial charge in [0.05, 0.1) is 16.5 Å². The molecule has 0 unspecified atom stereocenters. The van der Waals surface area contributed by atoms with Crippen LogP contribution in [0.15, 0.2) is 36.4 Å². The summed E-state index contributed by atoms with van der Waals surface area (Å²) in [4.78, 5) is 37.1. The van der Waals surface area contributed by atoms with Gasteiger partial charge in [-0.25, -0.2) is 4.39 Å². The molecule has 0 spiro atoms. The number of nitro groups is 1. The van der Waals surface area contributed by atoms with Gasteiger partial charge in [-0.3, -0.25) is 19.7 Å². The third-order valence-electron chi connectivity index (χ3n) is 4.79. The molecule has 0 bridgehead atoms. The van der Waals surface area contributed by atoms with Crippen LogP contribution in [0.1, 0.15) is 23.5 Å². The number of amides is 2. The minimum absolute atomic E-state index is 0.0434. The number of carbonyl (C=O) groups is 2. The molecule has 7 nitrogen and oxygen atoms in total. The number of benzene rings is 2. The van der Waals surface area contributed by atoms with Gasteiger partial charge in [-0.2, -0.15) is 0 Å². The fourth-order valence-electron chi connectivity index (χ4n) is 3.56. The number of halogens is 1. The van der Waals surface area contributed by atoms with Gasteiger partial charge in [-0.05, 0) is 29.7 Å². The molecule has 0 saturated carbocycles. The van der Waals surface area contributed by atoms with E-state index in [0.29, 0.717) is 24.2 Å². The highest BCUT2D eigenvalue weighted by atomic mass is 19.1. The van der Waals surface area contributed by atoms with E-state index in [1.807, 2.05) is 0 Å². The molecule has 2 aromatic rings. The topological polar surface area (TPSA) is 92.5 Å². The van der Waals surface area contributed by atoms with Crippen molar-refractivity contribution in [1.82, 2.24) is 0 Å². The second-order valence-corrected chi connectivity index (χ2v) is 6.35. The van der Waals surface area contributed by atoms with Crippen molar-refractivity contribution in [3.8, 4) is 0 Å². The van der Waals surface area contributed by atoms with E-state index in [4.69, 9.17) is 0 Å². The summed E-state index contributed by atoms with van der Waals surface area (Å²) in [5.41, 5.74) is 2.10. The van der Waals surface area contributed by atoms with Crippen LogP contribution in [-0.4, -0.2) is 23.3 Å². The summed E-state index contributed by atoms with van der Waals surface area (Å²) in [6.45, 7) is 0.393. The molecule has 2 amide bonds. The van der Waals surface area contributed by atoms with Crippen LogP contribution in [0.2, 0.25) is 0 Å². The summed E-state index contributed by atoms with van der Waals surface area (Å²) >= 11 is 0. The van der Waals surface area contributed by atoms with E-state index < -0.39 is 16.7 Å². The Morgan fingerprint density at radius 1 is 1.27 bits per heavy atom. The summed E-state index contributed by atoms with van der Waals surface area (Å²) in [6, 6.07) is 8.39. The smallest absolute Gasteiger partial charge is 0.271 e. The molecule has 0 fully saturated rings. The zero-order chi connectivity index (χ0) is 18.4. The Kier molecular flexibility index (Phi) is 3.68. The molecule has 4 rings (SSSR count). The number of fused-ring (bicyclic) bond motifs is 2. The second kappa shape index (κ2) is 5.91. The molecule has 1 atom stereocenters. The zero-order valence-electron chi connectivity index (χ0n) is 13.6. The Bertz CT molecular complexity index is 959. The number of anilines is 2. The second-order valence-electron chi connectivity index (χ2n) is 6.35. The summed E-state index contributed by atoms with van der Waals surface area (Å²) in [7, 11) is 0. The van der Waals surface area contributed by atoms with Gasteiger partial charge in [0.15, 0.2) is 0 Å². The fraction of sp³-hybridized carbons (Fsp3) is 0.222. The predicted octanol–water partition coefficient (Wildman–Crippen LogP) is 2.75. The zero-order valence-corrected chi connectivity index (χ0v) is 13.6. The lowest BCUT2D eigenvalue weighted by molar-refractivity contribution is -0.384. The standard InChI is InChI=1S/C18H14FN3O4/c19-11-2-4-13-14(9-17(23)20-15(13)7-11)18(24)21-6-5-10-1-3-12(22(25)26)8-16(10)21/h1-4,7-8,14H,5-6,9H2,(H,20,23)/t14-/m1/s1. The number of nitrogens with zero attached hydrogens (tertiary/aromatic N) is 2. The fourth-order valence-corrected chi connectivity index (χ4v) is 3.56. The number of hydrogen-bond donors (Lipinski definition) is 1. The number of hydrogen-bond acceptors (Lipinski definition) is 4. The Morgan fingerprint density at radius 2 is 2.08 bits per heavy atom. The van der Waals surface area contributed by atoms with E-state index in [9.17, 15) is 24.1 Å². The first-order valence-corrected chi connectivity index (χ1v) is 8.12. The predicted molar refractivity (Wildman–Crippen MR) is 91.5 cm³/mol. The van der Waals surface area contributed by atoms with E-state index in [-0.39, 0.29) is 29.6 Å². The Labute approximate surface area is 147 Å². The number of nitro benzene ring substituents is 1. The van der Waals surface area contributed by atoms with Gasteiger partial charge in [-0.15, -0.1) is 0 Å². The van der Waals surface area contributed by atoms with E-state index >= 15 is 0 Å². The van der Waals surface area contributed by atoms with Crippen molar-refractivity contribution < 1.29 is 18.9 Å². The third kappa shape index (κ3) is 2.59. The van der Waals surface area contributed by atoms with Crippen LogP contribution in [0.5, 0.6) is 0 Å². The highest BCUT2D eigenvalue weighted by Gasteiger charge is 2.36. The molecule has 2 heterocycles. The normalized spacial score (nSPS) is 18.1. The molecule has 0 aromatic heterocycles. The van der Waals surface area contributed by atoms with Crippen molar-refractivity contribution in [1.29, 1.82) is 0 Å². The van der Waals surface area contributed by atoms with Gasteiger partial charge in [-0.1, -0.05) is 12.1 Å². The maximum absolute atomic E-state index is 13.5. The molecule has 2 aliphatic heterocycles. The van der Waals surface area contributed by atoms with Gasteiger partial charge in [0.1, 0.15) is 5.82 Å². The molecular weight excluding hydrogens is 341 g/mol. The van der Waals surface area contributed by atoms with Gasteiger partial charge in [0.2, 0.25) is 11.8 Å². The first kappa shape index (κ1) is 16.2. The molecule has 0 radical (unpaired) electrons. The van der Waals surface area contributed by atoms with Gasteiger partial charge >= 0.3 is 0 Å². The lowest BCUT2D eigenvalue weighted by Crippen LogP contribution is -2.37. The van der Waals surface area contributed by atoms with Crippen molar-refractivity contribution in [2.24, 2.45) is 0 Å². The average molecular weight is 355 g/mol. The van der Waals surface area contributed by atoms with Gasteiger partial charge < -0.3 is 10.2 Å². The van der Waals surface area contributed by atoms with Crippen molar-refractivity contribution in [2.45, 2.75) is 18.8 Å². The summed E-state index contributed by atoms with van der Waals surface area (Å²) < 4.78 is 13.5. The third-order valence-corrected chi connectivity index (χ3v) is 4.79. The molecule has 2 aliphatic rings. The van der Waals surface area contributed by atoms with E-state index in [2.05, 4.69) is 5.32 Å². The molecule has 0 saturated heterocycles. The van der Waals surface area contributed by atoms with Crippen molar-refractivity contribution >= 4 is 28.9 Å². The Hall–Kier alpha value is -3.29. The first-order valence-electron chi connectivity index (χ1n) is 8.12. The lowest BCUT2D eigenvalue weighted by Gasteiger charge is -2.28. The largest absolute Gasteiger partial charge is 0.326 e. The van der Waals surface area contributed by atoms with Crippen LogP contribution in [0.4, 0.5) is 21.5 Å². The van der Waals surface area contributed by atoms with Crippen LogP contribution in [0, 0.1) is 15.9 Å². The monoisotopic (exact) mass is 355 g/mol. The van der Waals surface area contributed by atoms with Crippen LogP contribution < -0.4 is 10.2 Å². The number of carbonyl (C=O) groups excluding carboxylic acids is 2. The minimum Gasteiger partial charge on any atom is -0.326 e. The van der Waals surface area contributed by atoms with Crippen molar-refractivity contribution in [2.75, 3.05) is 16.8 Å². The van der Waals surface area contributed by atoms with E-state index in [1.54, 1.807) is 6.07 Å².